The Hall–Kier alpha value is -3.87. The number of carbonyl (C=O) groups is 1. The lowest BCUT2D eigenvalue weighted by atomic mass is 9.88. The zero-order chi connectivity index (χ0) is 30.3. The van der Waals surface area contributed by atoms with Crippen LogP contribution in [0.25, 0.3) is 22.2 Å². The molecule has 2 aromatic heterocycles. The van der Waals surface area contributed by atoms with Gasteiger partial charge in [0.05, 0.1) is 24.4 Å². The van der Waals surface area contributed by atoms with Gasteiger partial charge >= 0.3 is 6.18 Å². The van der Waals surface area contributed by atoms with E-state index in [0.717, 1.165) is 18.2 Å². The van der Waals surface area contributed by atoms with Gasteiger partial charge in [0.1, 0.15) is 22.8 Å². The number of alkyl halides is 3. The molecule has 1 atom stereocenters. The van der Waals surface area contributed by atoms with E-state index >= 15 is 4.39 Å². The molecule has 1 amide bonds. The maximum Gasteiger partial charge on any atom is 0.424 e. The third-order valence-corrected chi connectivity index (χ3v) is 6.68. The summed E-state index contributed by atoms with van der Waals surface area (Å²) in [5.41, 5.74) is -1.20. The number of amides is 1. The molecule has 4 N–H and O–H groups in total. The Labute approximate surface area is 236 Å². The molecule has 0 radical (unpaired) electrons. The molecule has 216 valence electrons. The number of nitrogens with one attached hydrogen (secondary N) is 1. The number of aromatic nitrogens is 2. The van der Waals surface area contributed by atoms with Crippen LogP contribution in [0.1, 0.15) is 35.5 Å². The number of aliphatic hydroxyl groups is 1. The standard InChI is InChI=1S/C28H24ClF5N4O3/c1-26(2,35)17-12-21(38-24(22(17)31)15-6-7-19(30)18(29)10-15)27(40,28(32,33)34)13-37-25(39)16-9-14-5-4-8-36-23(14)20(11-16)41-3/h4-12,40H,13,35H2,1-3H3,(H,37,39). The van der Waals surface area contributed by atoms with Gasteiger partial charge in [0, 0.05) is 33.8 Å². The number of ether oxygens (including phenoxy) is 1. The summed E-state index contributed by atoms with van der Waals surface area (Å²) in [4.78, 5) is 20.9. The quantitative estimate of drug-likeness (QED) is 0.240. The highest BCUT2D eigenvalue weighted by Gasteiger charge is 2.57. The van der Waals surface area contributed by atoms with Crippen LogP contribution in [0.2, 0.25) is 5.02 Å². The van der Waals surface area contributed by atoms with Crippen LogP contribution >= 0.6 is 11.6 Å². The number of nitrogens with zero attached hydrogens (tertiary/aromatic N) is 2. The maximum atomic E-state index is 15.6. The van der Waals surface area contributed by atoms with E-state index in [-0.39, 0.29) is 16.9 Å². The molecule has 0 saturated heterocycles. The van der Waals surface area contributed by atoms with E-state index in [9.17, 15) is 27.5 Å². The van der Waals surface area contributed by atoms with Gasteiger partial charge in [-0.1, -0.05) is 17.7 Å². The molecule has 0 bridgehead atoms. The van der Waals surface area contributed by atoms with Gasteiger partial charge in [-0.05, 0) is 56.3 Å². The monoisotopic (exact) mass is 594 g/mol. The first-order valence-corrected chi connectivity index (χ1v) is 12.4. The van der Waals surface area contributed by atoms with Crippen LogP contribution in [0.3, 0.4) is 0 Å². The molecule has 0 aliphatic carbocycles. The second-order valence-electron chi connectivity index (χ2n) is 9.86. The number of halogens is 6. The van der Waals surface area contributed by atoms with Gasteiger partial charge < -0.3 is 20.9 Å². The summed E-state index contributed by atoms with van der Waals surface area (Å²) in [5.74, 6) is -2.70. The maximum absolute atomic E-state index is 15.6. The van der Waals surface area contributed by atoms with Crippen LogP contribution in [-0.4, -0.2) is 40.8 Å². The predicted octanol–water partition coefficient (Wildman–Crippen LogP) is 5.61. The molecule has 0 aliphatic heterocycles. The molecule has 1 unspecified atom stereocenters. The highest BCUT2D eigenvalue weighted by atomic mass is 35.5. The molecule has 41 heavy (non-hydrogen) atoms. The predicted molar refractivity (Wildman–Crippen MR) is 142 cm³/mol. The van der Waals surface area contributed by atoms with Crippen molar-refractivity contribution in [3.63, 3.8) is 0 Å². The van der Waals surface area contributed by atoms with E-state index in [4.69, 9.17) is 22.1 Å². The molecule has 2 aromatic carbocycles. The zero-order valence-corrected chi connectivity index (χ0v) is 22.7. The van der Waals surface area contributed by atoms with E-state index in [1.807, 2.05) is 0 Å². The minimum absolute atomic E-state index is 0.0654. The van der Waals surface area contributed by atoms with Gasteiger partial charge in [-0.25, -0.2) is 13.8 Å². The summed E-state index contributed by atoms with van der Waals surface area (Å²) < 4.78 is 78.0. The summed E-state index contributed by atoms with van der Waals surface area (Å²) in [6.45, 7) is 1.29. The Morgan fingerprint density at radius 2 is 1.83 bits per heavy atom. The Morgan fingerprint density at radius 3 is 2.44 bits per heavy atom. The number of pyridine rings is 2. The van der Waals surface area contributed by atoms with Crippen molar-refractivity contribution >= 4 is 28.4 Å². The Kier molecular flexibility index (Phi) is 7.96. The first-order valence-electron chi connectivity index (χ1n) is 12.0. The third-order valence-electron chi connectivity index (χ3n) is 6.39. The minimum Gasteiger partial charge on any atom is -0.494 e. The zero-order valence-electron chi connectivity index (χ0n) is 21.9. The number of carbonyl (C=O) groups excluding carboxylic acids is 1. The SMILES string of the molecule is COc1cc(C(=O)NCC(O)(c2cc(C(C)(C)N)c(F)c(-c3ccc(F)c(Cl)c3)n2)C(F)(F)F)cc2cccnc12. The average molecular weight is 595 g/mol. The molecule has 4 aromatic rings. The van der Waals surface area contributed by atoms with Crippen LogP contribution in [-0.2, 0) is 11.1 Å². The van der Waals surface area contributed by atoms with E-state index in [1.54, 1.807) is 12.1 Å². The molecular weight excluding hydrogens is 571 g/mol. The molecule has 2 heterocycles. The number of nitrogens with two attached hydrogens (primary N) is 1. The highest BCUT2D eigenvalue weighted by Crippen LogP contribution is 2.41. The first kappa shape index (κ1) is 30.1. The van der Waals surface area contributed by atoms with Gasteiger partial charge in [0.2, 0.25) is 5.60 Å². The normalized spacial score (nSPS) is 13.6. The lowest BCUT2D eigenvalue weighted by molar-refractivity contribution is -0.265. The highest BCUT2D eigenvalue weighted by molar-refractivity contribution is 6.31. The summed E-state index contributed by atoms with van der Waals surface area (Å²) in [5, 5.41) is 13.2. The molecule has 0 fully saturated rings. The van der Waals surface area contributed by atoms with Gasteiger partial charge in [0.25, 0.3) is 5.91 Å². The van der Waals surface area contributed by atoms with Gasteiger partial charge in [-0.2, -0.15) is 13.2 Å². The smallest absolute Gasteiger partial charge is 0.424 e. The fraction of sp³-hybridized carbons (Fsp3) is 0.250. The number of benzene rings is 2. The van der Waals surface area contributed by atoms with Gasteiger partial charge in [-0.3, -0.25) is 9.78 Å². The summed E-state index contributed by atoms with van der Waals surface area (Å²) in [6, 6.07) is 9.56. The van der Waals surface area contributed by atoms with Crippen molar-refractivity contribution in [1.82, 2.24) is 15.3 Å². The van der Waals surface area contributed by atoms with E-state index in [1.165, 1.54) is 39.3 Å². The van der Waals surface area contributed by atoms with Crippen LogP contribution in [0.5, 0.6) is 5.75 Å². The largest absolute Gasteiger partial charge is 0.494 e. The summed E-state index contributed by atoms with van der Waals surface area (Å²) in [7, 11) is 1.34. The van der Waals surface area contributed by atoms with E-state index < -0.39 is 63.4 Å². The van der Waals surface area contributed by atoms with Crippen molar-refractivity contribution in [2.24, 2.45) is 5.73 Å². The van der Waals surface area contributed by atoms with Crippen LogP contribution in [0.15, 0.2) is 54.7 Å². The molecule has 7 nitrogen and oxygen atoms in total. The fourth-order valence-electron chi connectivity index (χ4n) is 4.14. The van der Waals surface area contributed by atoms with Crippen molar-refractivity contribution in [1.29, 1.82) is 0 Å². The number of hydrogen-bond donors (Lipinski definition) is 3. The summed E-state index contributed by atoms with van der Waals surface area (Å²) in [6.07, 6.45) is -3.89. The molecular formula is C28H24ClF5N4O3. The van der Waals surface area contributed by atoms with Crippen molar-refractivity contribution in [3.05, 3.63) is 88.2 Å². The third kappa shape index (κ3) is 5.81. The van der Waals surface area contributed by atoms with Gasteiger partial charge in [-0.15, -0.1) is 0 Å². The molecule has 4 rings (SSSR count). The number of hydrogen-bond acceptors (Lipinski definition) is 6. The Balaban J connectivity index is 1.80. The van der Waals surface area contributed by atoms with Gasteiger partial charge in [0.15, 0.2) is 5.82 Å². The second-order valence-corrected chi connectivity index (χ2v) is 10.3. The Morgan fingerprint density at radius 1 is 1.12 bits per heavy atom. The first-order chi connectivity index (χ1) is 19.1. The minimum atomic E-state index is -5.40. The molecule has 0 saturated carbocycles. The van der Waals surface area contributed by atoms with Crippen molar-refractivity contribution in [2.75, 3.05) is 13.7 Å². The second kappa shape index (κ2) is 10.8. The molecule has 0 aliphatic rings. The number of methoxy groups -OCH3 is 1. The van der Waals surface area contributed by atoms with Crippen LogP contribution in [0, 0.1) is 11.6 Å². The lowest BCUT2D eigenvalue weighted by Crippen LogP contribution is -2.52. The number of rotatable bonds is 7. The summed E-state index contributed by atoms with van der Waals surface area (Å²) >= 11 is 5.81. The topological polar surface area (TPSA) is 110 Å². The van der Waals surface area contributed by atoms with E-state index in [0.29, 0.717) is 17.0 Å². The lowest BCUT2D eigenvalue weighted by Gasteiger charge is -2.32. The van der Waals surface area contributed by atoms with E-state index in [2.05, 4.69) is 15.3 Å². The van der Waals surface area contributed by atoms with Crippen LogP contribution in [0.4, 0.5) is 22.0 Å². The Bertz CT molecular complexity index is 1640. The fourth-order valence-corrected chi connectivity index (χ4v) is 4.32. The van der Waals surface area contributed by atoms with Crippen molar-refractivity contribution in [2.45, 2.75) is 31.2 Å². The van der Waals surface area contributed by atoms with Crippen LogP contribution < -0.4 is 15.8 Å². The number of fused-ring (bicyclic) bond motifs is 1. The van der Waals surface area contributed by atoms with Crippen molar-refractivity contribution < 1.29 is 36.6 Å². The average Bonchev–Trinajstić information content (AvgIpc) is 2.91. The van der Waals surface area contributed by atoms with Crippen molar-refractivity contribution in [3.8, 4) is 17.0 Å². The molecule has 0 spiro atoms. The molecule has 13 heteroatoms.